The summed E-state index contributed by atoms with van der Waals surface area (Å²) in [6.45, 7) is 0. The van der Waals surface area contributed by atoms with Crippen molar-refractivity contribution in [3.8, 4) is 11.5 Å². The van der Waals surface area contributed by atoms with Gasteiger partial charge in [0.2, 0.25) is 0 Å². The second-order valence-electron chi connectivity index (χ2n) is 1.77. The SMILES string of the molecule is CNOc1ccccc1O. The Bertz CT molecular complexity index is 213. The number of hydrogen-bond donors (Lipinski definition) is 2. The highest BCUT2D eigenvalue weighted by molar-refractivity contribution is 5.37. The van der Waals surface area contributed by atoms with E-state index in [4.69, 9.17) is 9.94 Å². The Morgan fingerprint density at radius 2 is 2.10 bits per heavy atom. The molecule has 1 aromatic rings. The fourth-order valence-corrected chi connectivity index (χ4v) is 0.653. The van der Waals surface area contributed by atoms with Gasteiger partial charge in [0.25, 0.3) is 0 Å². The molecule has 0 saturated heterocycles. The Balaban J connectivity index is 2.81. The molecule has 1 rings (SSSR count). The zero-order chi connectivity index (χ0) is 7.40. The van der Waals surface area contributed by atoms with Gasteiger partial charge in [-0.25, -0.2) is 0 Å². The van der Waals surface area contributed by atoms with E-state index >= 15 is 0 Å². The molecule has 1 aromatic carbocycles. The summed E-state index contributed by atoms with van der Waals surface area (Å²) in [5, 5.41) is 9.08. The predicted octanol–water partition coefficient (Wildman–Crippen LogP) is 0.905. The molecule has 3 nitrogen and oxygen atoms in total. The molecule has 0 atom stereocenters. The Hall–Kier alpha value is -1.22. The lowest BCUT2D eigenvalue weighted by Gasteiger charge is -2.02. The van der Waals surface area contributed by atoms with Crippen molar-refractivity contribution in [3.05, 3.63) is 24.3 Å². The lowest BCUT2D eigenvalue weighted by atomic mass is 10.3. The van der Waals surface area contributed by atoms with Gasteiger partial charge in [0.05, 0.1) is 0 Å². The molecule has 0 aliphatic heterocycles. The van der Waals surface area contributed by atoms with Gasteiger partial charge in [-0.1, -0.05) is 12.1 Å². The summed E-state index contributed by atoms with van der Waals surface area (Å²) < 4.78 is 0. The molecule has 0 aliphatic rings. The topological polar surface area (TPSA) is 41.5 Å². The molecule has 0 spiro atoms. The first-order valence-corrected chi connectivity index (χ1v) is 2.96. The van der Waals surface area contributed by atoms with Crippen LogP contribution >= 0.6 is 0 Å². The first-order valence-electron chi connectivity index (χ1n) is 2.96. The minimum Gasteiger partial charge on any atom is -0.504 e. The molecule has 3 heteroatoms. The molecule has 0 aromatic heterocycles. The third-order valence-electron chi connectivity index (χ3n) is 1.08. The van der Waals surface area contributed by atoms with E-state index in [1.165, 1.54) is 0 Å². The summed E-state index contributed by atoms with van der Waals surface area (Å²) in [5.74, 6) is 0.571. The highest BCUT2D eigenvalue weighted by Crippen LogP contribution is 2.22. The number of phenolic OH excluding ortho intramolecular Hbond substituents is 1. The summed E-state index contributed by atoms with van der Waals surface area (Å²) in [6.07, 6.45) is 0. The average molecular weight is 139 g/mol. The molecule has 0 fully saturated rings. The molecule has 0 saturated carbocycles. The van der Waals surface area contributed by atoms with Gasteiger partial charge in [0.1, 0.15) is 0 Å². The lowest BCUT2D eigenvalue weighted by Crippen LogP contribution is -2.10. The smallest absolute Gasteiger partial charge is 0.188 e. The zero-order valence-electron chi connectivity index (χ0n) is 5.66. The van der Waals surface area contributed by atoms with Gasteiger partial charge in [-0.3, -0.25) is 0 Å². The van der Waals surface area contributed by atoms with Gasteiger partial charge in [-0.15, -0.1) is 0 Å². The summed E-state index contributed by atoms with van der Waals surface area (Å²) in [4.78, 5) is 4.84. The van der Waals surface area contributed by atoms with Crippen LogP contribution in [0.5, 0.6) is 11.5 Å². The van der Waals surface area contributed by atoms with Crippen LogP contribution < -0.4 is 10.3 Å². The molecule has 10 heavy (non-hydrogen) atoms. The molecule has 0 heterocycles. The number of hydrogen-bond acceptors (Lipinski definition) is 3. The number of nitrogens with one attached hydrogen (secondary N) is 1. The van der Waals surface area contributed by atoms with Crippen molar-refractivity contribution >= 4 is 0 Å². The quantitative estimate of drug-likeness (QED) is 0.598. The summed E-state index contributed by atoms with van der Waals surface area (Å²) in [7, 11) is 1.63. The zero-order valence-corrected chi connectivity index (χ0v) is 5.66. The van der Waals surface area contributed by atoms with Crippen molar-refractivity contribution in [2.45, 2.75) is 0 Å². The van der Waals surface area contributed by atoms with Crippen LogP contribution in [0.25, 0.3) is 0 Å². The van der Waals surface area contributed by atoms with Crippen molar-refractivity contribution in [3.63, 3.8) is 0 Å². The van der Waals surface area contributed by atoms with E-state index in [-0.39, 0.29) is 5.75 Å². The van der Waals surface area contributed by atoms with E-state index in [9.17, 15) is 0 Å². The van der Waals surface area contributed by atoms with E-state index in [1.807, 2.05) is 0 Å². The highest BCUT2D eigenvalue weighted by Gasteiger charge is 1.96. The molecule has 0 radical (unpaired) electrons. The predicted molar refractivity (Wildman–Crippen MR) is 37.8 cm³/mol. The summed E-state index contributed by atoms with van der Waals surface area (Å²) in [6, 6.07) is 6.75. The molecule has 0 amide bonds. The molecule has 0 bridgehead atoms. The first kappa shape index (κ1) is 6.89. The van der Waals surface area contributed by atoms with E-state index in [2.05, 4.69) is 5.48 Å². The number of para-hydroxylation sites is 2. The Kier molecular flexibility index (Phi) is 2.12. The van der Waals surface area contributed by atoms with Crippen molar-refractivity contribution in [1.29, 1.82) is 0 Å². The standard InChI is InChI=1S/C7H9NO2/c1-8-10-7-5-3-2-4-6(7)9/h2-5,8-9H,1H3. The van der Waals surface area contributed by atoms with E-state index in [1.54, 1.807) is 31.3 Å². The van der Waals surface area contributed by atoms with Crippen LogP contribution in [0.15, 0.2) is 24.3 Å². The van der Waals surface area contributed by atoms with E-state index in [0.717, 1.165) is 0 Å². The van der Waals surface area contributed by atoms with Crippen LogP contribution in [0.4, 0.5) is 0 Å². The monoisotopic (exact) mass is 139 g/mol. The van der Waals surface area contributed by atoms with Gasteiger partial charge in [0.15, 0.2) is 11.5 Å². The Morgan fingerprint density at radius 1 is 1.40 bits per heavy atom. The minimum atomic E-state index is 0.136. The van der Waals surface area contributed by atoms with Crippen molar-refractivity contribution < 1.29 is 9.94 Å². The molecule has 2 N–H and O–H groups in total. The maximum Gasteiger partial charge on any atom is 0.188 e. The average Bonchev–Trinajstić information content (AvgIpc) is 1.94. The lowest BCUT2D eigenvalue weighted by molar-refractivity contribution is 0.214. The third kappa shape index (κ3) is 1.39. The number of benzene rings is 1. The van der Waals surface area contributed by atoms with Crippen molar-refractivity contribution in [1.82, 2.24) is 5.48 Å². The first-order chi connectivity index (χ1) is 4.84. The molecule has 0 aliphatic carbocycles. The second kappa shape index (κ2) is 3.08. The van der Waals surface area contributed by atoms with E-state index < -0.39 is 0 Å². The van der Waals surface area contributed by atoms with Crippen LogP contribution in [-0.4, -0.2) is 12.2 Å². The Labute approximate surface area is 59.2 Å². The van der Waals surface area contributed by atoms with Crippen molar-refractivity contribution in [2.24, 2.45) is 0 Å². The molecular weight excluding hydrogens is 130 g/mol. The summed E-state index contributed by atoms with van der Waals surface area (Å²) >= 11 is 0. The fourth-order valence-electron chi connectivity index (χ4n) is 0.653. The molecule has 0 unspecified atom stereocenters. The maximum atomic E-state index is 9.08. The van der Waals surface area contributed by atoms with Crippen LogP contribution in [0.1, 0.15) is 0 Å². The second-order valence-corrected chi connectivity index (χ2v) is 1.77. The molecule has 54 valence electrons. The molecular formula is C7H9NO2. The van der Waals surface area contributed by atoms with Crippen LogP contribution in [0, 0.1) is 0 Å². The normalized spacial score (nSPS) is 9.30. The number of phenols is 1. The summed E-state index contributed by atoms with van der Waals surface area (Å²) in [5.41, 5.74) is 2.46. The van der Waals surface area contributed by atoms with Gasteiger partial charge >= 0.3 is 0 Å². The van der Waals surface area contributed by atoms with Crippen LogP contribution in [-0.2, 0) is 0 Å². The van der Waals surface area contributed by atoms with Crippen LogP contribution in [0.3, 0.4) is 0 Å². The Morgan fingerprint density at radius 3 is 2.70 bits per heavy atom. The van der Waals surface area contributed by atoms with Gasteiger partial charge < -0.3 is 9.94 Å². The van der Waals surface area contributed by atoms with Gasteiger partial charge in [-0.05, 0) is 12.1 Å². The van der Waals surface area contributed by atoms with E-state index in [0.29, 0.717) is 5.75 Å². The van der Waals surface area contributed by atoms with Gasteiger partial charge in [-0.2, -0.15) is 5.48 Å². The largest absolute Gasteiger partial charge is 0.504 e. The number of hydroxylamine groups is 1. The third-order valence-corrected chi connectivity index (χ3v) is 1.08. The van der Waals surface area contributed by atoms with Crippen molar-refractivity contribution in [2.75, 3.05) is 7.05 Å². The maximum absolute atomic E-state index is 9.08. The fraction of sp³-hybridized carbons (Fsp3) is 0.143. The number of rotatable bonds is 2. The number of aromatic hydroxyl groups is 1. The minimum absolute atomic E-state index is 0.136. The highest BCUT2D eigenvalue weighted by atomic mass is 16.6. The van der Waals surface area contributed by atoms with Crippen LogP contribution in [0.2, 0.25) is 0 Å². The van der Waals surface area contributed by atoms with Gasteiger partial charge in [0, 0.05) is 7.05 Å².